The highest BCUT2D eigenvalue weighted by Gasteiger charge is 2.39. The molecule has 0 aliphatic carbocycles. The second kappa shape index (κ2) is 10.4. The fourth-order valence-corrected chi connectivity index (χ4v) is 4.31. The van der Waals surface area contributed by atoms with Crippen LogP contribution in [0.2, 0.25) is 0 Å². The number of benzene rings is 3. The number of ether oxygens (including phenoxy) is 1. The molecule has 0 radical (unpaired) electrons. The number of nitrogens with one attached hydrogen (secondary N) is 2. The van der Waals surface area contributed by atoms with Gasteiger partial charge in [-0.25, -0.2) is 4.39 Å². The minimum atomic E-state index is -0.802. The summed E-state index contributed by atoms with van der Waals surface area (Å²) >= 11 is 0. The SMILES string of the molecule is CC.COc1ccc(CN2C(=O)c3cccc4[nH]cc(c34)C2C(=O)NCc2ccc(F)cc2)cc1. The molecule has 0 spiro atoms. The number of nitrogens with zero attached hydrogens (tertiary/aromatic N) is 1. The Bertz CT molecular complexity index is 1330. The molecule has 1 unspecified atom stereocenters. The molecule has 7 heteroatoms. The van der Waals surface area contributed by atoms with E-state index in [2.05, 4.69) is 10.3 Å². The predicted molar refractivity (Wildman–Crippen MR) is 134 cm³/mol. The van der Waals surface area contributed by atoms with Crippen molar-refractivity contribution in [3.63, 3.8) is 0 Å². The van der Waals surface area contributed by atoms with E-state index in [0.717, 1.165) is 33.3 Å². The lowest BCUT2D eigenvalue weighted by Crippen LogP contribution is -2.45. The Balaban J connectivity index is 0.00000141. The summed E-state index contributed by atoms with van der Waals surface area (Å²) in [6, 6.07) is 18.1. The Hall–Kier alpha value is -4.13. The van der Waals surface area contributed by atoms with Crippen LogP contribution in [-0.2, 0) is 17.9 Å². The molecule has 4 aromatic rings. The predicted octanol–water partition coefficient (Wildman–Crippen LogP) is 5.36. The van der Waals surface area contributed by atoms with Crippen LogP contribution >= 0.6 is 0 Å². The molecular formula is C28H28FN3O3. The summed E-state index contributed by atoms with van der Waals surface area (Å²) < 4.78 is 18.4. The van der Waals surface area contributed by atoms with Gasteiger partial charge in [-0.15, -0.1) is 0 Å². The summed E-state index contributed by atoms with van der Waals surface area (Å²) in [4.78, 5) is 31.7. The van der Waals surface area contributed by atoms with Crippen molar-refractivity contribution in [2.75, 3.05) is 7.11 Å². The molecule has 2 N–H and O–H groups in total. The lowest BCUT2D eigenvalue weighted by molar-refractivity contribution is -0.126. The Labute approximate surface area is 203 Å². The van der Waals surface area contributed by atoms with Gasteiger partial charge in [0.1, 0.15) is 17.6 Å². The molecule has 5 rings (SSSR count). The van der Waals surface area contributed by atoms with E-state index in [1.54, 1.807) is 36.4 Å². The number of hydrogen-bond acceptors (Lipinski definition) is 3. The maximum absolute atomic E-state index is 13.5. The molecule has 180 valence electrons. The molecular weight excluding hydrogens is 445 g/mol. The largest absolute Gasteiger partial charge is 0.497 e. The number of methoxy groups -OCH3 is 1. The lowest BCUT2D eigenvalue weighted by Gasteiger charge is -2.34. The van der Waals surface area contributed by atoms with E-state index in [-0.39, 0.29) is 30.7 Å². The normalized spacial score (nSPS) is 14.3. The number of hydrogen-bond donors (Lipinski definition) is 2. The van der Waals surface area contributed by atoms with Gasteiger partial charge in [-0.2, -0.15) is 0 Å². The standard InChI is InChI=1S/C26H22FN3O3.C2H6/c1-33-19-11-7-17(8-12-19)15-30-24(25(31)29-13-16-5-9-18(27)10-6-16)21-14-28-22-4-2-3-20(23(21)22)26(30)32;1-2/h2-12,14,24,28H,13,15H2,1H3,(H,29,31);1-2H3. The molecule has 0 fully saturated rings. The Kier molecular flexibility index (Phi) is 7.15. The molecule has 35 heavy (non-hydrogen) atoms. The van der Waals surface area contributed by atoms with E-state index in [9.17, 15) is 14.0 Å². The highest BCUT2D eigenvalue weighted by molar-refractivity contribution is 6.12. The minimum absolute atomic E-state index is 0.203. The highest BCUT2D eigenvalue weighted by Crippen LogP contribution is 2.38. The molecule has 0 bridgehead atoms. The van der Waals surface area contributed by atoms with Crippen LogP contribution in [0.25, 0.3) is 10.9 Å². The quantitative estimate of drug-likeness (QED) is 0.396. The summed E-state index contributed by atoms with van der Waals surface area (Å²) in [6.07, 6.45) is 1.80. The zero-order valence-electron chi connectivity index (χ0n) is 20.0. The van der Waals surface area contributed by atoms with Crippen LogP contribution in [0.4, 0.5) is 4.39 Å². The first kappa shape index (κ1) is 24.0. The van der Waals surface area contributed by atoms with Crippen molar-refractivity contribution in [3.8, 4) is 5.75 Å². The van der Waals surface area contributed by atoms with Crippen LogP contribution in [0.5, 0.6) is 5.75 Å². The second-order valence-electron chi connectivity index (χ2n) is 8.00. The van der Waals surface area contributed by atoms with Gasteiger partial charge >= 0.3 is 0 Å². The molecule has 0 saturated carbocycles. The van der Waals surface area contributed by atoms with Crippen molar-refractivity contribution < 1.29 is 18.7 Å². The zero-order chi connectivity index (χ0) is 24.9. The number of aromatic amines is 1. The van der Waals surface area contributed by atoms with Crippen molar-refractivity contribution in [1.29, 1.82) is 0 Å². The molecule has 1 aliphatic rings. The van der Waals surface area contributed by atoms with E-state index in [4.69, 9.17) is 4.74 Å². The maximum Gasteiger partial charge on any atom is 0.255 e. The summed E-state index contributed by atoms with van der Waals surface area (Å²) in [5.41, 5.74) is 3.79. The summed E-state index contributed by atoms with van der Waals surface area (Å²) in [6.45, 7) is 4.49. The summed E-state index contributed by atoms with van der Waals surface area (Å²) in [5.74, 6) is -0.114. The fraction of sp³-hybridized carbons (Fsp3) is 0.214. The number of carbonyl (C=O) groups is 2. The molecule has 3 aromatic carbocycles. The minimum Gasteiger partial charge on any atom is -0.497 e. The van der Waals surface area contributed by atoms with Gasteiger partial charge in [-0.3, -0.25) is 9.59 Å². The number of rotatable bonds is 6. The van der Waals surface area contributed by atoms with Crippen molar-refractivity contribution in [3.05, 3.63) is 101 Å². The van der Waals surface area contributed by atoms with Crippen LogP contribution in [0, 0.1) is 5.82 Å². The van der Waals surface area contributed by atoms with Crippen LogP contribution in [0.3, 0.4) is 0 Å². The van der Waals surface area contributed by atoms with E-state index in [0.29, 0.717) is 5.56 Å². The third kappa shape index (κ3) is 4.75. The van der Waals surface area contributed by atoms with Gasteiger partial charge in [-0.05, 0) is 47.5 Å². The number of amides is 2. The van der Waals surface area contributed by atoms with E-state index in [1.807, 2.05) is 50.2 Å². The van der Waals surface area contributed by atoms with E-state index < -0.39 is 6.04 Å². The highest BCUT2D eigenvalue weighted by atomic mass is 19.1. The first-order valence-electron chi connectivity index (χ1n) is 11.6. The van der Waals surface area contributed by atoms with Crippen molar-refractivity contribution in [1.82, 2.24) is 15.2 Å². The number of carbonyl (C=O) groups excluding carboxylic acids is 2. The molecule has 1 atom stereocenters. The first-order chi connectivity index (χ1) is 17.0. The van der Waals surface area contributed by atoms with Gasteiger partial charge in [0.05, 0.1) is 7.11 Å². The smallest absolute Gasteiger partial charge is 0.255 e. The fourth-order valence-electron chi connectivity index (χ4n) is 4.31. The summed E-state index contributed by atoms with van der Waals surface area (Å²) in [5, 5.41) is 3.69. The zero-order valence-corrected chi connectivity index (χ0v) is 20.0. The second-order valence-corrected chi connectivity index (χ2v) is 8.00. The van der Waals surface area contributed by atoms with Gasteiger partial charge < -0.3 is 19.9 Å². The maximum atomic E-state index is 13.5. The van der Waals surface area contributed by atoms with Gasteiger partial charge in [0.25, 0.3) is 5.91 Å². The third-order valence-corrected chi connectivity index (χ3v) is 5.97. The number of aromatic nitrogens is 1. The van der Waals surface area contributed by atoms with Crippen LogP contribution in [0.15, 0.2) is 72.9 Å². The first-order valence-corrected chi connectivity index (χ1v) is 11.6. The van der Waals surface area contributed by atoms with Crippen molar-refractivity contribution >= 4 is 22.7 Å². The van der Waals surface area contributed by atoms with Crippen molar-refractivity contribution in [2.45, 2.75) is 33.0 Å². The number of H-pyrrole nitrogens is 1. The third-order valence-electron chi connectivity index (χ3n) is 5.97. The number of halogens is 1. The van der Waals surface area contributed by atoms with Crippen LogP contribution in [-0.4, -0.2) is 28.8 Å². The van der Waals surface area contributed by atoms with E-state index in [1.165, 1.54) is 12.1 Å². The monoisotopic (exact) mass is 473 g/mol. The van der Waals surface area contributed by atoms with Gasteiger partial charge in [0.2, 0.25) is 5.91 Å². The average Bonchev–Trinajstić information content (AvgIpc) is 3.33. The lowest BCUT2D eigenvalue weighted by atomic mass is 9.93. The van der Waals surface area contributed by atoms with Gasteiger partial charge in [0.15, 0.2) is 0 Å². The molecule has 1 aromatic heterocycles. The van der Waals surface area contributed by atoms with Crippen LogP contribution in [0.1, 0.15) is 46.9 Å². The van der Waals surface area contributed by atoms with E-state index >= 15 is 0 Å². The molecule has 2 amide bonds. The Morgan fingerprint density at radius 1 is 1.03 bits per heavy atom. The topological polar surface area (TPSA) is 74.4 Å². The molecule has 6 nitrogen and oxygen atoms in total. The van der Waals surface area contributed by atoms with Crippen molar-refractivity contribution in [2.24, 2.45) is 0 Å². The summed E-state index contributed by atoms with van der Waals surface area (Å²) in [7, 11) is 1.60. The molecule has 0 saturated heterocycles. The van der Waals surface area contributed by atoms with Gasteiger partial charge in [0, 0.05) is 41.3 Å². The Morgan fingerprint density at radius 3 is 2.40 bits per heavy atom. The van der Waals surface area contributed by atoms with Gasteiger partial charge in [-0.1, -0.05) is 44.2 Å². The van der Waals surface area contributed by atoms with Crippen LogP contribution < -0.4 is 10.1 Å². The molecule has 2 heterocycles. The Morgan fingerprint density at radius 2 is 1.71 bits per heavy atom. The molecule has 1 aliphatic heterocycles. The average molecular weight is 474 g/mol.